The summed E-state index contributed by atoms with van der Waals surface area (Å²) in [7, 11) is 0. The van der Waals surface area contributed by atoms with Crippen LogP contribution in [0.1, 0.15) is 28.4 Å². The zero-order valence-electron chi connectivity index (χ0n) is 15.8. The zero-order valence-corrected chi connectivity index (χ0v) is 15.8. The third-order valence-electron chi connectivity index (χ3n) is 5.40. The summed E-state index contributed by atoms with van der Waals surface area (Å²) in [5.74, 6) is -0.153. The number of carbonyl (C=O) groups excluding carboxylic acids is 1. The number of ketones is 1. The maximum absolute atomic E-state index is 14.0. The van der Waals surface area contributed by atoms with Crippen LogP contribution in [0.4, 0.5) is 4.39 Å². The van der Waals surface area contributed by atoms with Gasteiger partial charge in [0.15, 0.2) is 5.76 Å². The summed E-state index contributed by atoms with van der Waals surface area (Å²) in [6.07, 6.45) is 1.42. The summed E-state index contributed by atoms with van der Waals surface area (Å²) in [5.41, 5.74) is 1.30. The number of phenolic OH excluding ortho intramolecular Hbond substituents is 1. The number of benzene rings is 2. The molecule has 0 unspecified atom stereocenters. The fourth-order valence-corrected chi connectivity index (χ4v) is 3.67. The number of carbonyl (C=O) groups is 1. The highest BCUT2D eigenvalue weighted by Crippen LogP contribution is 2.40. The highest BCUT2D eigenvalue weighted by atomic mass is 19.1. The van der Waals surface area contributed by atoms with Crippen molar-refractivity contribution in [3.05, 3.63) is 64.7 Å². The van der Waals surface area contributed by atoms with Gasteiger partial charge in [0.05, 0.1) is 11.1 Å². The van der Waals surface area contributed by atoms with E-state index in [0.717, 1.165) is 32.7 Å². The van der Waals surface area contributed by atoms with Crippen LogP contribution in [0.3, 0.4) is 0 Å². The first kappa shape index (κ1) is 18.7. The second-order valence-corrected chi connectivity index (χ2v) is 7.11. The van der Waals surface area contributed by atoms with Crippen molar-refractivity contribution in [2.45, 2.75) is 13.5 Å². The molecule has 0 amide bonds. The molecule has 0 aliphatic carbocycles. The molecule has 5 nitrogen and oxygen atoms in total. The third-order valence-corrected chi connectivity index (χ3v) is 5.40. The quantitative estimate of drug-likeness (QED) is 0.823. The van der Waals surface area contributed by atoms with Gasteiger partial charge in [-0.2, -0.15) is 0 Å². The minimum Gasteiger partial charge on any atom is -0.507 e. The molecule has 2 aromatic carbocycles. The van der Waals surface area contributed by atoms with Gasteiger partial charge in [-0.15, -0.1) is 0 Å². The highest BCUT2D eigenvalue weighted by molar-refractivity contribution is 6.15. The zero-order chi connectivity index (χ0) is 19.7. The molecule has 0 bridgehead atoms. The number of hydrogen-bond donors (Lipinski definition) is 1. The van der Waals surface area contributed by atoms with E-state index >= 15 is 0 Å². The maximum atomic E-state index is 14.0. The molecule has 146 valence electrons. The summed E-state index contributed by atoms with van der Waals surface area (Å²) in [6.45, 7) is 7.42. The largest absolute Gasteiger partial charge is 0.507 e. The molecule has 0 atom stereocenters. The molecular formula is C22H23FN2O3. The Balaban J connectivity index is 1.60. The van der Waals surface area contributed by atoms with Crippen LogP contribution in [0.2, 0.25) is 0 Å². The molecule has 1 fully saturated rings. The monoisotopic (exact) mass is 382 g/mol. The van der Waals surface area contributed by atoms with E-state index < -0.39 is 5.82 Å². The summed E-state index contributed by atoms with van der Waals surface area (Å²) >= 11 is 0. The topological polar surface area (TPSA) is 53.0 Å². The average molecular weight is 382 g/mol. The van der Waals surface area contributed by atoms with Crippen LogP contribution < -0.4 is 4.74 Å². The number of phenols is 1. The van der Waals surface area contributed by atoms with Gasteiger partial charge in [0.25, 0.3) is 0 Å². The fourth-order valence-electron chi connectivity index (χ4n) is 3.67. The number of likely N-dealkylation sites (N-methyl/N-ethyl adjacent to an activating group) is 1. The van der Waals surface area contributed by atoms with Gasteiger partial charge in [0.1, 0.15) is 17.3 Å². The molecule has 0 saturated carbocycles. The molecule has 4 rings (SSSR count). The molecule has 2 aliphatic rings. The van der Waals surface area contributed by atoms with E-state index in [0.29, 0.717) is 29.0 Å². The first-order valence-electron chi connectivity index (χ1n) is 9.55. The standard InChI is InChI=1S/C22H23FN2O3/c1-2-24-9-11-25(12-10-24)14-17-19(26)8-7-16-21(27)20(28-22(16)17)13-15-5-3-4-6-18(15)23/h3-8,13,26H,2,9-12,14H2,1H3. The number of allylic oxidation sites excluding steroid dienone is 1. The lowest BCUT2D eigenvalue weighted by Gasteiger charge is -2.34. The van der Waals surface area contributed by atoms with Gasteiger partial charge < -0.3 is 14.7 Å². The molecular weight excluding hydrogens is 359 g/mol. The Morgan fingerprint density at radius 3 is 2.54 bits per heavy atom. The second-order valence-electron chi connectivity index (χ2n) is 7.11. The van der Waals surface area contributed by atoms with Crippen LogP contribution in [0.15, 0.2) is 42.2 Å². The number of hydrogen-bond acceptors (Lipinski definition) is 5. The van der Waals surface area contributed by atoms with Crippen LogP contribution in [-0.2, 0) is 6.54 Å². The molecule has 2 aliphatic heterocycles. The van der Waals surface area contributed by atoms with Crippen molar-refractivity contribution in [1.82, 2.24) is 9.80 Å². The van der Waals surface area contributed by atoms with Gasteiger partial charge in [0.2, 0.25) is 5.78 Å². The first-order chi connectivity index (χ1) is 13.6. The third kappa shape index (κ3) is 3.53. The summed E-state index contributed by atoms with van der Waals surface area (Å²) in [4.78, 5) is 17.4. The smallest absolute Gasteiger partial charge is 0.231 e. The number of halogens is 1. The lowest BCUT2D eigenvalue weighted by molar-refractivity contribution is 0.101. The Morgan fingerprint density at radius 2 is 1.82 bits per heavy atom. The number of rotatable bonds is 4. The molecule has 2 aromatic rings. The van der Waals surface area contributed by atoms with Crippen LogP contribution in [0.5, 0.6) is 11.5 Å². The SMILES string of the molecule is CCN1CCN(Cc2c(O)ccc3c2OC(=Cc2ccccc2F)C3=O)CC1. The molecule has 0 spiro atoms. The number of piperazine rings is 1. The molecule has 2 heterocycles. The fraction of sp³-hybridized carbons (Fsp3) is 0.318. The first-order valence-corrected chi connectivity index (χ1v) is 9.55. The van der Waals surface area contributed by atoms with Crippen LogP contribution in [0.25, 0.3) is 6.08 Å². The molecule has 1 N–H and O–H groups in total. The normalized spacial score (nSPS) is 19.1. The Bertz CT molecular complexity index is 933. The van der Waals surface area contributed by atoms with E-state index in [4.69, 9.17) is 4.74 Å². The van der Waals surface area contributed by atoms with Crippen molar-refractivity contribution in [2.24, 2.45) is 0 Å². The predicted octanol–water partition coefficient (Wildman–Crippen LogP) is 3.29. The number of Topliss-reactive ketones (excluding diaryl/α,β-unsaturated/α-hetero) is 1. The number of nitrogens with zero attached hydrogens (tertiary/aromatic N) is 2. The second kappa shape index (κ2) is 7.73. The number of fused-ring (bicyclic) bond motifs is 1. The van der Waals surface area contributed by atoms with Gasteiger partial charge in [-0.05, 0) is 30.8 Å². The lowest BCUT2D eigenvalue weighted by atomic mass is 10.0. The highest BCUT2D eigenvalue weighted by Gasteiger charge is 2.32. The molecule has 28 heavy (non-hydrogen) atoms. The number of ether oxygens (including phenoxy) is 1. The summed E-state index contributed by atoms with van der Waals surface area (Å²) in [6, 6.07) is 9.32. The van der Waals surface area contributed by atoms with Gasteiger partial charge in [-0.1, -0.05) is 25.1 Å². The van der Waals surface area contributed by atoms with Crippen molar-refractivity contribution < 1.29 is 19.0 Å². The van der Waals surface area contributed by atoms with E-state index in [1.165, 1.54) is 18.2 Å². The minimum absolute atomic E-state index is 0.0720. The van der Waals surface area contributed by atoms with Crippen molar-refractivity contribution in [1.29, 1.82) is 0 Å². The molecule has 1 saturated heterocycles. The summed E-state index contributed by atoms with van der Waals surface area (Å²) in [5, 5.41) is 10.4. The van der Waals surface area contributed by atoms with Gasteiger partial charge in [0, 0.05) is 38.3 Å². The van der Waals surface area contributed by atoms with E-state index in [-0.39, 0.29) is 17.3 Å². The Hall–Kier alpha value is -2.70. The maximum Gasteiger partial charge on any atom is 0.231 e. The Kier molecular flexibility index (Phi) is 5.15. The summed E-state index contributed by atoms with van der Waals surface area (Å²) < 4.78 is 19.8. The van der Waals surface area contributed by atoms with Gasteiger partial charge in [-0.25, -0.2) is 4.39 Å². The van der Waals surface area contributed by atoms with Crippen molar-refractivity contribution >= 4 is 11.9 Å². The van der Waals surface area contributed by atoms with Gasteiger partial charge in [-0.3, -0.25) is 9.69 Å². The Labute approximate surface area is 163 Å². The van der Waals surface area contributed by atoms with Crippen molar-refractivity contribution in [3.8, 4) is 11.5 Å². The van der Waals surface area contributed by atoms with Gasteiger partial charge >= 0.3 is 0 Å². The predicted molar refractivity (Wildman–Crippen MR) is 105 cm³/mol. The minimum atomic E-state index is -0.417. The average Bonchev–Trinajstić information content (AvgIpc) is 3.02. The Morgan fingerprint density at radius 1 is 1.11 bits per heavy atom. The van der Waals surface area contributed by atoms with E-state index in [1.807, 2.05) is 0 Å². The van der Waals surface area contributed by atoms with E-state index in [1.54, 1.807) is 24.3 Å². The van der Waals surface area contributed by atoms with Crippen LogP contribution in [-0.4, -0.2) is 53.4 Å². The molecule has 0 aromatic heterocycles. The molecule has 0 radical (unpaired) electrons. The molecule has 6 heteroatoms. The van der Waals surface area contributed by atoms with Crippen molar-refractivity contribution in [3.63, 3.8) is 0 Å². The van der Waals surface area contributed by atoms with Crippen molar-refractivity contribution in [2.75, 3.05) is 32.7 Å². The van der Waals surface area contributed by atoms with E-state index in [2.05, 4.69) is 16.7 Å². The van der Waals surface area contributed by atoms with Crippen LogP contribution >= 0.6 is 0 Å². The number of aromatic hydroxyl groups is 1. The van der Waals surface area contributed by atoms with E-state index in [9.17, 15) is 14.3 Å². The lowest BCUT2D eigenvalue weighted by Crippen LogP contribution is -2.45. The van der Waals surface area contributed by atoms with Crippen LogP contribution in [0, 0.1) is 5.82 Å².